The monoisotopic (exact) mass is 486 g/mol. The lowest BCUT2D eigenvalue weighted by Crippen LogP contribution is -2.16. The molecule has 0 radical (unpaired) electrons. The lowest BCUT2D eigenvalue weighted by Gasteiger charge is -2.17. The fourth-order valence-electron chi connectivity index (χ4n) is 4.16. The Bertz CT molecular complexity index is 1420. The number of furan rings is 1. The van der Waals surface area contributed by atoms with Gasteiger partial charge in [0.05, 0.1) is 24.6 Å². The summed E-state index contributed by atoms with van der Waals surface area (Å²) in [6, 6.07) is 16.2. The molecule has 0 aliphatic rings. The predicted octanol–water partition coefficient (Wildman–Crippen LogP) is 6.66. The molecule has 2 amide bonds. The van der Waals surface area contributed by atoms with E-state index < -0.39 is 5.91 Å². The van der Waals surface area contributed by atoms with Crippen LogP contribution in [0.2, 0.25) is 0 Å². The number of benzene rings is 3. The molecule has 4 rings (SSSR count). The molecule has 2 N–H and O–H groups in total. The zero-order valence-corrected chi connectivity index (χ0v) is 21.2. The van der Waals surface area contributed by atoms with Crippen molar-refractivity contribution in [2.45, 2.75) is 34.6 Å². The number of rotatable bonds is 8. The average molecular weight is 487 g/mol. The maximum Gasteiger partial charge on any atom is 0.291 e. The van der Waals surface area contributed by atoms with Crippen LogP contribution in [0.3, 0.4) is 0 Å². The minimum Gasteiger partial charge on any atom is -0.492 e. The second-order valence-electron chi connectivity index (χ2n) is 8.44. The van der Waals surface area contributed by atoms with Crippen LogP contribution in [-0.2, 0) is 0 Å². The van der Waals surface area contributed by atoms with Gasteiger partial charge >= 0.3 is 0 Å². The molecule has 0 atom stereocenters. The Morgan fingerprint density at radius 3 is 1.89 bits per heavy atom. The van der Waals surface area contributed by atoms with E-state index in [1.165, 1.54) is 0 Å². The normalized spacial score (nSPS) is 10.8. The number of hydrogen-bond donors (Lipinski definition) is 2. The molecule has 7 heteroatoms. The van der Waals surface area contributed by atoms with E-state index in [1.54, 1.807) is 36.4 Å². The molecule has 0 unspecified atom stereocenters. The highest BCUT2D eigenvalue weighted by molar-refractivity contribution is 6.09. The van der Waals surface area contributed by atoms with E-state index in [0.717, 1.165) is 22.1 Å². The molecule has 36 heavy (non-hydrogen) atoms. The molecule has 0 fully saturated rings. The minimum atomic E-state index is -0.396. The molecule has 0 bridgehead atoms. The predicted molar refractivity (Wildman–Crippen MR) is 142 cm³/mol. The molecular formula is C29H30N2O5. The molecule has 7 nitrogen and oxygen atoms in total. The summed E-state index contributed by atoms with van der Waals surface area (Å²) in [5.41, 5.74) is 4.86. The number of hydrogen-bond acceptors (Lipinski definition) is 5. The fraction of sp³-hybridized carbons (Fsp3) is 0.241. The maximum absolute atomic E-state index is 13.3. The van der Waals surface area contributed by atoms with Gasteiger partial charge in [0.2, 0.25) is 0 Å². The van der Waals surface area contributed by atoms with Gasteiger partial charge in [-0.2, -0.15) is 0 Å². The van der Waals surface area contributed by atoms with Gasteiger partial charge in [0.15, 0.2) is 5.76 Å². The van der Waals surface area contributed by atoms with E-state index in [0.29, 0.717) is 47.2 Å². The van der Waals surface area contributed by atoms with E-state index >= 15 is 0 Å². The first-order chi connectivity index (χ1) is 17.3. The van der Waals surface area contributed by atoms with Crippen LogP contribution in [0, 0.1) is 20.8 Å². The summed E-state index contributed by atoms with van der Waals surface area (Å²) in [4.78, 5) is 26.1. The molecule has 0 saturated carbocycles. The SMILES string of the molecule is CCOc1cc(NC(=O)c2oc3c(C)ccc(C)c3c2C)c(OCC)cc1NC(=O)c1ccccc1. The van der Waals surface area contributed by atoms with Crippen LogP contribution in [0.25, 0.3) is 11.0 Å². The Kier molecular flexibility index (Phi) is 7.29. The molecule has 1 heterocycles. The third kappa shape index (κ3) is 4.91. The number of amides is 2. The molecule has 1 aromatic heterocycles. The Balaban J connectivity index is 1.70. The van der Waals surface area contributed by atoms with Crippen LogP contribution in [0.5, 0.6) is 11.5 Å². The van der Waals surface area contributed by atoms with Crippen LogP contribution >= 0.6 is 0 Å². The third-order valence-corrected chi connectivity index (χ3v) is 5.90. The van der Waals surface area contributed by atoms with Crippen LogP contribution < -0.4 is 20.1 Å². The van der Waals surface area contributed by atoms with Crippen molar-refractivity contribution in [3.05, 3.63) is 82.6 Å². The first-order valence-corrected chi connectivity index (χ1v) is 11.9. The third-order valence-electron chi connectivity index (χ3n) is 5.90. The minimum absolute atomic E-state index is 0.240. The van der Waals surface area contributed by atoms with Gasteiger partial charge in [-0.3, -0.25) is 9.59 Å². The van der Waals surface area contributed by atoms with Gasteiger partial charge < -0.3 is 24.5 Å². The summed E-state index contributed by atoms with van der Waals surface area (Å²) in [5, 5.41) is 6.74. The highest BCUT2D eigenvalue weighted by Crippen LogP contribution is 2.38. The van der Waals surface area contributed by atoms with E-state index in [-0.39, 0.29) is 11.7 Å². The molecular weight excluding hydrogens is 456 g/mol. The number of ether oxygens (including phenoxy) is 2. The van der Waals surface area contributed by atoms with Crippen molar-refractivity contribution >= 4 is 34.2 Å². The standard InChI is InChI=1S/C29H30N2O5/c1-6-34-23-16-22(24(35-7-2)15-21(23)30-28(32)20-11-9-8-10-12-20)31-29(33)27-19(5)25-17(3)13-14-18(4)26(25)36-27/h8-16H,6-7H2,1-5H3,(H,30,32)(H,31,33). The van der Waals surface area contributed by atoms with Crippen molar-refractivity contribution < 1.29 is 23.5 Å². The zero-order chi connectivity index (χ0) is 25.8. The summed E-state index contributed by atoms with van der Waals surface area (Å²) >= 11 is 0. The van der Waals surface area contributed by atoms with E-state index in [9.17, 15) is 9.59 Å². The van der Waals surface area contributed by atoms with Crippen LogP contribution in [-0.4, -0.2) is 25.0 Å². The van der Waals surface area contributed by atoms with E-state index in [4.69, 9.17) is 13.9 Å². The summed E-state index contributed by atoms with van der Waals surface area (Å²) in [6.45, 7) is 10.3. The van der Waals surface area contributed by atoms with Crippen molar-refractivity contribution in [2.24, 2.45) is 0 Å². The Morgan fingerprint density at radius 1 is 0.778 bits per heavy atom. The van der Waals surface area contributed by atoms with Crippen molar-refractivity contribution in [2.75, 3.05) is 23.8 Å². The summed E-state index contributed by atoms with van der Waals surface area (Å²) < 4.78 is 17.6. The fourth-order valence-corrected chi connectivity index (χ4v) is 4.16. The molecule has 3 aromatic carbocycles. The molecule has 186 valence electrons. The Hall–Kier alpha value is -4.26. The van der Waals surface area contributed by atoms with Crippen LogP contribution in [0.4, 0.5) is 11.4 Å². The van der Waals surface area contributed by atoms with Crippen molar-refractivity contribution in [1.29, 1.82) is 0 Å². The molecule has 0 aliphatic heterocycles. The number of fused-ring (bicyclic) bond motifs is 1. The topological polar surface area (TPSA) is 89.8 Å². The smallest absolute Gasteiger partial charge is 0.291 e. The highest BCUT2D eigenvalue weighted by atomic mass is 16.5. The highest BCUT2D eigenvalue weighted by Gasteiger charge is 2.23. The summed E-state index contributed by atoms with van der Waals surface area (Å²) in [6.07, 6.45) is 0. The Morgan fingerprint density at radius 2 is 1.33 bits per heavy atom. The lowest BCUT2D eigenvalue weighted by atomic mass is 10.0. The number of carbonyl (C=O) groups is 2. The van der Waals surface area contributed by atoms with Gasteiger partial charge in [-0.25, -0.2) is 0 Å². The van der Waals surface area contributed by atoms with Gasteiger partial charge in [-0.05, 0) is 57.9 Å². The molecule has 0 spiro atoms. The number of anilines is 2. The van der Waals surface area contributed by atoms with Crippen molar-refractivity contribution in [3.63, 3.8) is 0 Å². The Labute approximate surface area is 210 Å². The first kappa shape index (κ1) is 24.9. The zero-order valence-electron chi connectivity index (χ0n) is 21.2. The van der Waals surface area contributed by atoms with Crippen LogP contribution in [0.1, 0.15) is 51.5 Å². The molecule has 4 aromatic rings. The summed E-state index contributed by atoms with van der Waals surface area (Å²) in [7, 11) is 0. The summed E-state index contributed by atoms with van der Waals surface area (Å²) in [5.74, 6) is 0.378. The quantitative estimate of drug-likeness (QED) is 0.291. The average Bonchev–Trinajstić information content (AvgIpc) is 3.23. The molecule has 0 aliphatic carbocycles. The van der Waals surface area contributed by atoms with E-state index in [2.05, 4.69) is 10.6 Å². The van der Waals surface area contributed by atoms with Gasteiger partial charge in [0, 0.05) is 28.6 Å². The molecule has 0 saturated heterocycles. The largest absolute Gasteiger partial charge is 0.492 e. The second-order valence-corrected chi connectivity index (χ2v) is 8.44. The van der Waals surface area contributed by atoms with Crippen molar-refractivity contribution in [1.82, 2.24) is 0 Å². The van der Waals surface area contributed by atoms with Crippen molar-refractivity contribution in [3.8, 4) is 11.5 Å². The second kappa shape index (κ2) is 10.6. The van der Waals surface area contributed by atoms with Crippen LogP contribution in [0.15, 0.2) is 59.0 Å². The number of carbonyl (C=O) groups excluding carboxylic acids is 2. The maximum atomic E-state index is 13.3. The lowest BCUT2D eigenvalue weighted by molar-refractivity contribution is 0.0995. The van der Waals surface area contributed by atoms with Gasteiger partial charge in [0.25, 0.3) is 11.8 Å². The first-order valence-electron chi connectivity index (χ1n) is 11.9. The number of aryl methyl sites for hydroxylation is 3. The van der Waals surface area contributed by atoms with Gasteiger partial charge in [-0.15, -0.1) is 0 Å². The van der Waals surface area contributed by atoms with Gasteiger partial charge in [-0.1, -0.05) is 30.3 Å². The van der Waals surface area contributed by atoms with E-state index in [1.807, 2.05) is 52.8 Å². The van der Waals surface area contributed by atoms with Gasteiger partial charge in [0.1, 0.15) is 17.1 Å². The number of nitrogens with one attached hydrogen (secondary N) is 2.